The zero-order valence-electron chi connectivity index (χ0n) is 25.0. The molecule has 5 rings (SSSR count). The minimum absolute atomic E-state index is 0.00575. The number of piperidine rings is 3. The molecule has 0 radical (unpaired) electrons. The van der Waals surface area contributed by atoms with Gasteiger partial charge in [0.2, 0.25) is 15.9 Å². The van der Waals surface area contributed by atoms with Crippen molar-refractivity contribution in [3.63, 3.8) is 0 Å². The van der Waals surface area contributed by atoms with Crippen LogP contribution in [0.5, 0.6) is 0 Å². The highest BCUT2D eigenvalue weighted by Gasteiger charge is 2.49. The third-order valence-corrected chi connectivity index (χ3v) is 13.1. The lowest BCUT2D eigenvalue weighted by atomic mass is 9.74. The van der Waals surface area contributed by atoms with Crippen molar-refractivity contribution in [2.45, 2.75) is 102 Å². The molecule has 10 nitrogen and oxygen atoms in total. The Morgan fingerprint density at radius 3 is 2.08 bits per heavy atom. The van der Waals surface area contributed by atoms with Gasteiger partial charge in [0.15, 0.2) is 0 Å². The highest BCUT2D eigenvalue weighted by molar-refractivity contribution is 7.89. The molecule has 3 amide bonds. The zero-order valence-corrected chi connectivity index (χ0v) is 25.8. The Labute approximate surface area is 241 Å². The zero-order chi connectivity index (χ0) is 28.6. The van der Waals surface area contributed by atoms with Gasteiger partial charge < -0.3 is 15.5 Å². The maximum Gasteiger partial charge on any atom is 0.314 e. The Morgan fingerprint density at radius 1 is 0.825 bits per heavy atom. The lowest BCUT2D eigenvalue weighted by Gasteiger charge is -2.43. The SMILES string of the molecule is CNC(=O)NC1CCC(S(=O)(=O)N2CCC(C3CCN4NC(C)C(C(=O)N5CC(C)CC(C)C5)C4C3)CC2)CC1. The van der Waals surface area contributed by atoms with Gasteiger partial charge >= 0.3 is 6.03 Å². The van der Waals surface area contributed by atoms with Crippen molar-refractivity contribution >= 4 is 22.0 Å². The summed E-state index contributed by atoms with van der Waals surface area (Å²) >= 11 is 0. The molecule has 4 saturated heterocycles. The van der Waals surface area contributed by atoms with Gasteiger partial charge in [-0.25, -0.2) is 22.5 Å². The molecule has 6 unspecified atom stereocenters. The predicted molar refractivity (Wildman–Crippen MR) is 156 cm³/mol. The minimum atomic E-state index is -3.32. The van der Waals surface area contributed by atoms with Crippen LogP contribution in [0.1, 0.15) is 78.6 Å². The number of urea groups is 1. The number of hydrogen-bond donors (Lipinski definition) is 3. The van der Waals surface area contributed by atoms with E-state index >= 15 is 0 Å². The fraction of sp³-hybridized carbons (Fsp3) is 0.931. The number of likely N-dealkylation sites (tertiary alicyclic amines) is 1. The van der Waals surface area contributed by atoms with Gasteiger partial charge in [0.1, 0.15) is 0 Å². The smallest absolute Gasteiger partial charge is 0.314 e. The first-order chi connectivity index (χ1) is 19.1. The summed E-state index contributed by atoms with van der Waals surface area (Å²) in [5, 5.41) is 7.50. The van der Waals surface area contributed by atoms with Gasteiger partial charge in [-0.15, -0.1) is 0 Å². The number of carbonyl (C=O) groups is 2. The fourth-order valence-electron chi connectivity index (χ4n) is 8.64. The Morgan fingerprint density at radius 2 is 1.45 bits per heavy atom. The minimum Gasteiger partial charge on any atom is -0.342 e. The Bertz CT molecular complexity index is 1000. The first kappa shape index (κ1) is 30.0. The molecule has 0 spiro atoms. The number of amides is 3. The van der Waals surface area contributed by atoms with E-state index < -0.39 is 10.0 Å². The summed E-state index contributed by atoms with van der Waals surface area (Å²) in [4.78, 5) is 27.6. The van der Waals surface area contributed by atoms with E-state index in [9.17, 15) is 18.0 Å². The quantitative estimate of drug-likeness (QED) is 0.460. The second-order valence-corrected chi connectivity index (χ2v) is 15.9. The summed E-state index contributed by atoms with van der Waals surface area (Å²) in [7, 11) is -1.73. The lowest BCUT2D eigenvalue weighted by Crippen LogP contribution is -2.52. The molecule has 4 aliphatic heterocycles. The van der Waals surface area contributed by atoms with Crippen molar-refractivity contribution in [1.29, 1.82) is 0 Å². The van der Waals surface area contributed by atoms with Crippen molar-refractivity contribution in [3.8, 4) is 0 Å². The first-order valence-electron chi connectivity index (χ1n) is 15.9. The van der Waals surface area contributed by atoms with E-state index in [1.165, 1.54) is 6.42 Å². The Kier molecular flexibility index (Phi) is 9.34. The largest absolute Gasteiger partial charge is 0.342 e. The predicted octanol–water partition coefficient (Wildman–Crippen LogP) is 2.38. The van der Waals surface area contributed by atoms with Crippen LogP contribution in [0.15, 0.2) is 0 Å². The highest BCUT2D eigenvalue weighted by Crippen LogP contribution is 2.41. The number of sulfonamides is 1. The molecule has 6 atom stereocenters. The average Bonchev–Trinajstić information content (AvgIpc) is 3.27. The fourth-order valence-corrected chi connectivity index (χ4v) is 10.6. The topological polar surface area (TPSA) is 114 Å². The van der Waals surface area contributed by atoms with E-state index in [0.29, 0.717) is 68.4 Å². The van der Waals surface area contributed by atoms with E-state index in [2.05, 4.69) is 46.7 Å². The third-order valence-electron chi connectivity index (χ3n) is 10.7. The molecule has 5 aliphatic rings. The molecule has 3 N–H and O–H groups in total. The van der Waals surface area contributed by atoms with Crippen LogP contribution in [0.25, 0.3) is 0 Å². The van der Waals surface area contributed by atoms with E-state index in [-0.39, 0.29) is 35.3 Å². The summed E-state index contributed by atoms with van der Waals surface area (Å²) in [5.41, 5.74) is 3.62. The molecule has 5 fully saturated rings. The molecule has 4 heterocycles. The van der Waals surface area contributed by atoms with Gasteiger partial charge in [0.25, 0.3) is 0 Å². The van der Waals surface area contributed by atoms with Crippen LogP contribution < -0.4 is 16.1 Å². The van der Waals surface area contributed by atoms with Gasteiger partial charge in [-0.2, -0.15) is 0 Å². The third kappa shape index (κ3) is 6.32. The summed E-state index contributed by atoms with van der Waals surface area (Å²) in [6.07, 6.45) is 7.76. The monoisotopic (exact) mass is 580 g/mol. The van der Waals surface area contributed by atoms with Crippen molar-refractivity contribution in [2.75, 3.05) is 39.8 Å². The summed E-state index contributed by atoms with van der Waals surface area (Å²) in [6.45, 7) is 10.6. The number of nitrogens with one attached hydrogen (secondary N) is 3. The maximum absolute atomic E-state index is 13.8. The number of nitrogens with zero attached hydrogens (tertiary/aromatic N) is 3. The maximum atomic E-state index is 13.8. The molecule has 1 saturated carbocycles. The molecule has 0 aromatic rings. The summed E-state index contributed by atoms with van der Waals surface area (Å²) in [5.74, 6) is 2.50. The van der Waals surface area contributed by atoms with Crippen LogP contribution in [-0.2, 0) is 14.8 Å². The molecular weight excluding hydrogens is 528 g/mol. The van der Waals surface area contributed by atoms with Gasteiger partial charge in [-0.1, -0.05) is 13.8 Å². The van der Waals surface area contributed by atoms with Gasteiger partial charge in [0.05, 0.1) is 11.2 Å². The molecule has 1 aliphatic carbocycles. The average molecular weight is 581 g/mol. The van der Waals surface area contributed by atoms with Crippen LogP contribution in [0.3, 0.4) is 0 Å². The molecular formula is C29H52N6O4S. The van der Waals surface area contributed by atoms with Crippen LogP contribution in [0.4, 0.5) is 4.79 Å². The Balaban J connectivity index is 1.14. The molecule has 228 valence electrons. The van der Waals surface area contributed by atoms with E-state index in [0.717, 1.165) is 45.3 Å². The van der Waals surface area contributed by atoms with E-state index in [1.807, 2.05) is 0 Å². The van der Waals surface area contributed by atoms with Crippen molar-refractivity contribution in [2.24, 2.45) is 29.6 Å². The number of rotatable bonds is 5. The van der Waals surface area contributed by atoms with Crippen molar-refractivity contribution in [3.05, 3.63) is 0 Å². The van der Waals surface area contributed by atoms with Crippen LogP contribution >= 0.6 is 0 Å². The number of hydrogen-bond acceptors (Lipinski definition) is 6. The number of carbonyl (C=O) groups excluding carboxylic acids is 2. The summed E-state index contributed by atoms with van der Waals surface area (Å²) in [6, 6.07) is 0.230. The lowest BCUT2D eigenvalue weighted by molar-refractivity contribution is -0.140. The number of fused-ring (bicyclic) bond motifs is 1. The molecule has 0 aromatic heterocycles. The Hall–Kier alpha value is -1.43. The molecule has 11 heteroatoms. The summed E-state index contributed by atoms with van der Waals surface area (Å²) < 4.78 is 28.7. The van der Waals surface area contributed by atoms with E-state index in [1.54, 1.807) is 11.4 Å². The second-order valence-electron chi connectivity index (χ2n) is 13.7. The normalized spacial score (nSPS) is 38.5. The van der Waals surface area contributed by atoms with Gasteiger partial charge in [-0.05, 0) is 88.4 Å². The van der Waals surface area contributed by atoms with Crippen LogP contribution in [-0.4, -0.2) is 97.7 Å². The molecule has 40 heavy (non-hydrogen) atoms. The van der Waals surface area contributed by atoms with E-state index in [4.69, 9.17) is 0 Å². The van der Waals surface area contributed by atoms with Crippen LogP contribution in [0.2, 0.25) is 0 Å². The highest BCUT2D eigenvalue weighted by atomic mass is 32.2. The second kappa shape index (κ2) is 12.4. The molecule has 0 aromatic carbocycles. The molecule has 0 bridgehead atoms. The first-order valence-corrected chi connectivity index (χ1v) is 17.4. The van der Waals surface area contributed by atoms with Crippen LogP contribution in [0, 0.1) is 29.6 Å². The van der Waals surface area contributed by atoms with Crippen molar-refractivity contribution in [1.82, 2.24) is 30.3 Å². The van der Waals surface area contributed by atoms with Crippen molar-refractivity contribution < 1.29 is 18.0 Å². The van der Waals surface area contributed by atoms with Gasteiger partial charge in [-0.3, -0.25) is 10.2 Å². The van der Waals surface area contributed by atoms with Gasteiger partial charge in [0, 0.05) is 57.9 Å². The number of hydrazine groups is 1. The standard InChI is InChI=1S/C29H52N6O4S/c1-19-15-20(2)18-33(17-19)28(36)27-21(3)32-35-14-11-23(16-26(27)35)22-9-12-34(13-10-22)40(38,39)25-7-5-24(6-8-25)31-29(37)30-4/h19-27,32H,5-18H2,1-4H3,(H2,30,31,37).